The summed E-state index contributed by atoms with van der Waals surface area (Å²) in [6, 6.07) is 5.25. The Balaban J connectivity index is 2.30. The molecule has 0 bridgehead atoms. The van der Waals surface area contributed by atoms with Gasteiger partial charge in [0.05, 0.1) is 10.7 Å². The number of benzene rings is 1. The Hall–Kier alpha value is -1.62. The number of halogens is 3. The largest absolute Gasteiger partial charge is 0.359 e. The number of aromatic amines is 1. The van der Waals surface area contributed by atoms with Crippen molar-refractivity contribution in [1.29, 1.82) is 5.26 Å². The molecule has 2 rings (SSSR count). The van der Waals surface area contributed by atoms with Crippen LogP contribution in [0.15, 0.2) is 22.8 Å². The van der Waals surface area contributed by atoms with Crippen molar-refractivity contribution in [2.75, 3.05) is 5.32 Å². The zero-order valence-electron chi connectivity index (χ0n) is 9.15. The highest BCUT2D eigenvalue weighted by molar-refractivity contribution is 9.10. The van der Waals surface area contributed by atoms with E-state index in [0.717, 1.165) is 0 Å². The summed E-state index contributed by atoms with van der Waals surface area (Å²) in [6.07, 6.45) is 1.43. The first-order valence-electron chi connectivity index (χ1n) is 4.87. The molecule has 0 unspecified atom stereocenters. The van der Waals surface area contributed by atoms with Gasteiger partial charge in [-0.15, -0.1) is 10.2 Å². The van der Waals surface area contributed by atoms with Gasteiger partial charge in [0.15, 0.2) is 0 Å². The number of hydrogen-bond donors (Lipinski definition) is 2. The standard InChI is InChI=1S/C10H5BrCl2N6/c11-7-1-6(12)2-8(9(7)13)15-4-5(3-14)10-16-18-19-17-10/h1-2,4,15H,(H,16,17,18,19). The Morgan fingerprint density at radius 1 is 1.47 bits per heavy atom. The fourth-order valence-electron chi connectivity index (χ4n) is 1.23. The Morgan fingerprint density at radius 3 is 2.89 bits per heavy atom. The number of aromatic nitrogens is 4. The molecule has 9 heteroatoms. The summed E-state index contributed by atoms with van der Waals surface area (Å²) in [7, 11) is 0. The number of hydrogen-bond acceptors (Lipinski definition) is 5. The summed E-state index contributed by atoms with van der Waals surface area (Å²) in [5.74, 6) is 0.187. The number of rotatable bonds is 3. The fourth-order valence-corrected chi connectivity index (χ4v) is 2.21. The predicted molar refractivity (Wildman–Crippen MR) is 75.6 cm³/mol. The third-order valence-electron chi connectivity index (χ3n) is 2.07. The Labute approximate surface area is 126 Å². The minimum absolute atomic E-state index is 0.187. The predicted octanol–water partition coefficient (Wildman–Crippen LogP) is 3.25. The van der Waals surface area contributed by atoms with E-state index in [1.807, 2.05) is 6.07 Å². The molecule has 96 valence electrons. The molecule has 19 heavy (non-hydrogen) atoms. The summed E-state index contributed by atoms with van der Waals surface area (Å²) >= 11 is 15.3. The topological polar surface area (TPSA) is 90.3 Å². The molecule has 2 N–H and O–H groups in total. The minimum atomic E-state index is 0.187. The second-order valence-electron chi connectivity index (χ2n) is 3.30. The van der Waals surface area contributed by atoms with Gasteiger partial charge in [0.2, 0.25) is 5.82 Å². The van der Waals surface area contributed by atoms with Gasteiger partial charge in [-0.2, -0.15) is 10.5 Å². The van der Waals surface area contributed by atoms with Gasteiger partial charge in [-0.25, -0.2) is 0 Å². The van der Waals surface area contributed by atoms with Gasteiger partial charge in [0, 0.05) is 15.7 Å². The Kier molecular flexibility index (Phi) is 4.37. The molecule has 0 atom stereocenters. The number of nitriles is 1. The van der Waals surface area contributed by atoms with Gasteiger partial charge in [-0.1, -0.05) is 23.2 Å². The zero-order valence-corrected chi connectivity index (χ0v) is 12.3. The first kappa shape index (κ1) is 13.8. The van der Waals surface area contributed by atoms with Crippen molar-refractivity contribution in [3.8, 4) is 6.07 Å². The van der Waals surface area contributed by atoms with Gasteiger partial charge in [0.25, 0.3) is 0 Å². The molecule has 1 heterocycles. The van der Waals surface area contributed by atoms with Crippen LogP contribution in [-0.4, -0.2) is 20.6 Å². The van der Waals surface area contributed by atoms with Crippen LogP contribution in [0.3, 0.4) is 0 Å². The molecule has 0 radical (unpaired) electrons. The number of tetrazole rings is 1. The van der Waals surface area contributed by atoms with Gasteiger partial charge < -0.3 is 5.32 Å². The third kappa shape index (κ3) is 3.23. The number of allylic oxidation sites excluding steroid dienone is 1. The van der Waals surface area contributed by atoms with E-state index in [4.69, 9.17) is 28.5 Å². The summed E-state index contributed by atoms with van der Waals surface area (Å²) < 4.78 is 0.649. The maximum absolute atomic E-state index is 9.01. The molecule has 0 fully saturated rings. The normalized spacial score (nSPS) is 11.2. The molecule has 0 aliphatic carbocycles. The first-order valence-corrected chi connectivity index (χ1v) is 6.42. The highest BCUT2D eigenvalue weighted by atomic mass is 79.9. The number of nitrogens with one attached hydrogen (secondary N) is 2. The van der Waals surface area contributed by atoms with Gasteiger partial charge in [-0.05, 0) is 33.3 Å². The lowest BCUT2D eigenvalue weighted by atomic mass is 10.3. The van der Waals surface area contributed by atoms with Crippen LogP contribution < -0.4 is 5.32 Å². The highest BCUT2D eigenvalue weighted by Crippen LogP contribution is 2.33. The van der Waals surface area contributed by atoms with Crippen molar-refractivity contribution >= 4 is 50.4 Å². The number of anilines is 1. The average Bonchev–Trinajstić information content (AvgIpc) is 2.89. The molecule has 6 nitrogen and oxygen atoms in total. The smallest absolute Gasteiger partial charge is 0.216 e. The molecule has 0 aliphatic rings. The van der Waals surface area contributed by atoms with Crippen molar-refractivity contribution in [3.63, 3.8) is 0 Å². The molecule has 1 aromatic carbocycles. The summed E-state index contributed by atoms with van der Waals surface area (Å²) in [5.41, 5.74) is 0.762. The van der Waals surface area contributed by atoms with Crippen LogP contribution in [0.2, 0.25) is 10.0 Å². The summed E-state index contributed by atoms with van der Waals surface area (Å²) in [6.45, 7) is 0. The lowest BCUT2D eigenvalue weighted by molar-refractivity contribution is 0.881. The van der Waals surface area contributed by atoms with Crippen molar-refractivity contribution < 1.29 is 0 Å². The molecule has 0 spiro atoms. The molecule has 2 aromatic rings. The van der Waals surface area contributed by atoms with Crippen LogP contribution in [0.1, 0.15) is 5.82 Å². The van der Waals surface area contributed by atoms with Gasteiger partial charge in [-0.3, -0.25) is 0 Å². The Bertz CT molecular complexity index is 661. The lowest BCUT2D eigenvalue weighted by Gasteiger charge is -2.06. The van der Waals surface area contributed by atoms with Gasteiger partial charge in [0.1, 0.15) is 11.6 Å². The first-order chi connectivity index (χ1) is 9.11. The maximum Gasteiger partial charge on any atom is 0.216 e. The zero-order chi connectivity index (χ0) is 13.8. The van der Waals surface area contributed by atoms with Crippen molar-refractivity contribution in [2.24, 2.45) is 0 Å². The van der Waals surface area contributed by atoms with E-state index in [1.165, 1.54) is 6.20 Å². The highest BCUT2D eigenvalue weighted by Gasteiger charge is 2.08. The molecule has 0 aliphatic heterocycles. The minimum Gasteiger partial charge on any atom is -0.359 e. The van der Waals surface area contributed by atoms with E-state index in [1.54, 1.807) is 12.1 Å². The van der Waals surface area contributed by atoms with Crippen LogP contribution >= 0.6 is 39.1 Å². The van der Waals surface area contributed by atoms with Crippen LogP contribution in [0.5, 0.6) is 0 Å². The fraction of sp³-hybridized carbons (Fsp3) is 0. The van der Waals surface area contributed by atoms with E-state index in [0.29, 0.717) is 20.2 Å². The van der Waals surface area contributed by atoms with Crippen LogP contribution in [0.4, 0.5) is 5.69 Å². The van der Waals surface area contributed by atoms with Crippen LogP contribution in [-0.2, 0) is 0 Å². The summed E-state index contributed by atoms with van der Waals surface area (Å²) in [4.78, 5) is 0. The monoisotopic (exact) mass is 358 g/mol. The van der Waals surface area contributed by atoms with E-state index in [-0.39, 0.29) is 11.4 Å². The maximum atomic E-state index is 9.01. The average molecular weight is 360 g/mol. The number of H-pyrrole nitrogens is 1. The van der Waals surface area contributed by atoms with Gasteiger partial charge >= 0.3 is 0 Å². The summed E-state index contributed by atoms with van der Waals surface area (Å²) in [5, 5.41) is 25.9. The number of nitrogens with zero attached hydrogens (tertiary/aromatic N) is 4. The quantitative estimate of drug-likeness (QED) is 0.648. The molecular formula is C10H5BrCl2N6. The molecule has 0 saturated heterocycles. The second kappa shape index (κ2) is 6.02. The Morgan fingerprint density at radius 2 is 2.26 bits per heavy atom. The molecule has 1 aromatic heterocycles. The van der Waals surface area contributed by atoms with Crippen molar-refractivity contribution in [3.05, 3.63) is 38.7 Å². The molecular weight excluding hydrogens is 355 g/mol. The van der Waals surface area contributed by atoms with E-state index < -0.39 is 0 Å². The molecule has 0 amide bonds. The lowest BCUT2D eigenvalue weighted by Crippen LogP contribution is -1.94. The SMILES string of the molecule is N#CC(=CNc1cc(Cl)cc(Br)c1Cl)c1nn[nH]n1. The van der Waals surface area contributed by atoms with Crippen LogP contribution in [0.25, 0.3) is 5.57 Å². The third-order valence-corrected chi connectivity index (χ3v) is 3.55. The van der Waals surface area contributed by atoms with Crippen LogP contribution in [0, 0.1) is 11.3 Å². The second-order valence-corrected chi connectivity index (χ2v) is 4.97. The van der Waals surface area contributed by atoms with Crippen molar-refractivity contribution in [1.82, 2.24) is 20.6 Å². The van der Waals surface area contributed by atoms with E-state index in [9.17, 15) is 0 Å². The van der Waals surface area contributed by atoms with E-state index in [2.05, 4.69) is 41.9 Å². The van der Waals surface area contributed by atoms with E-state index >= 15 is 0 Å². The van der Waals surface area contributed by atoms with Crippen molar-refractivity contribution in [2.45, 2.75) is 0 Å². The molecule has 0 saturated carbocycles.